The maximum atomic E-state index is 12.2. The van der Waals surface area contributed by atoms with E-state index >= 15 is 0 Å². The SMILES string of the molecule is Cc1ccc(CN2CCCC(C(=O)NC3CC3)C2)cc1. The molecule has 0 spiro atoms. The zero-order chi connectivity index (χ0) is 13.9. The van der Waals surface area contributed by atoms with Crippen LogP contribution in [-0.2, 0) is 11.3 Å². The van der Waals surface area contributed by atoms with Gasteiger partial charge in [0.2, 0.25) is 5.91 Å². The predicted molar refractivity (Wildman–Crippen MR) is 80.3 cm³/mol. The third-order valence-corrected chi connectivity index (χ3v) is 4.33. The van der Waals surface area contributed by atoms with Gasteiger partial charge in [-0.2, -0.15) is 0 Å². The number of nitrogens with zero attached hydrogens (tertiary/aromatic N) is 1. The van der Waals surface area contributed by atoms with Crippen molar-refractivity contribution in [3.05, 3.63) is 35.4 Å². The number of likely N-dealkylation sites (tertiary alicyclic amines) is 1. The van der Waals surface area contributed by atoms with Crippen molar-refractivity contribution in [3.8, 4) is 0 Å². The van der Waals surface area contributed by atoms with Gasteiger partial charge < -0.3 is 5.32 Å². The summed E-state index contributed by atoms with van der Waals surface area (Å²) in [4.78, 5) is 14.6. The lowest BCUT2D eigenvalue weighted by Gasteiger charge is -2.32. The second kappa shape index (κ2) is 5.96. The molecule has 1 heterocycles. The van der Waals surface area contributed by atoms with E-state index in [0.717, 1.165) is 32.5 Å². The largest absolute Gasteiger partial charge is 0.353 e. The molecule has 3 rings (SSSR count). The molecule has 0 radical (unpaired) electrons. The van der Waals surface area contributed by atoms with E-state index in [1.54, 1.807) is 0 Å². The fourth-order valence-corrected chi connectivity index (χ4v) is 2.91. The van der Waals surface area contributed by atoms with Crippen LogP contribution < -0.4 is 5.32 Å². The third kappa shape index (κ3) is 3.60. The summed E-state index contributed by atoms with van der Waals surface area (Å²) in [5, 5.41) is 3.15. The Morgan fingerprint density at radius 2 is 2.00 bits per heavy atom. The van der Waals surface area contributed by atoms with E-state index in [-0.39, 0.29) is 11.8 Å². The van der Waals surface area contributed by atoms with Gasteiger partial charge >= 0.3 is 0 Å². The van der Waals surface area contributed by atoms with Crippen LogP contribution in [0.3, 0.4) is 0 Å². The summed E-state index contributed by atoms with van der Waals surface area (Å²) in [5.74, 6) is 0.468. The number of aryl methyl sites for hydroxylation is 1. The molecule has 1 aromatic rings. The van der Waals surface area contributed by atoms with Crippen LogP contribution in [0.15, 0.2) is 24.3 Å². The lowest BCUT2D eigenvalue weighted by Crippen LogP contribution is -2.43. The molecule has 1 aliphatic heterocycles. The Labute approximate surface area is 121 Å². The van der Waals surface area contributed by atoms with Crippen LogP contribution in [0, 0.1) is 12.8 Å². The van der Waals surface area contributed by atoms with Crippen LogP contribution in [0.2, 0.25) is 0 Å². The number of hydrogen-bond acceptors (Lipinski definition) is 2. The fourth-order valence-electron chi connectivity index (χ4n) is 2.91. The average Bonchev–Trinajstić information content (AvgIpc) is 3.26. The normalized spacial score (nSPS) is 23.6. The zero-order valence-electron chi connectivity index (χ0n) is 12.3. The molecule has 2 fully saturated rings. The monoisotopic (exact) mass is 272 g/mol. The fraction of sp³-hybridized carbons (Fsp3) is 0.588. The van der Waals surface area contributed by atoms with Gasteiger partial charge in [0, 0.05) is 19.1 Å². The molecule has 1 aliphatic carbocycles. The van der Waals surface area contributed by atoms with Gasteiger partial charge in [0.15, 0.2) is 0 Å². The summed E-state index contributed by atoms with van der Waals surface area (Å²) in [6, 6.07) is 9.20. The van der Waals surface area contributed by atoms with Crippen LogP contribution in [0.25, 0.3) is 0 Å². The van der Waals surface area contributed by atoms with E-state index in [1.165, 1.54) is 24.0 Å². The minimum atomic E-state index is 0.190. The molecule has 3 nitrogen and oxygen atoms in total. The number of rotatable bonds is 4. The molecule has 3 heteroatoms. The maximum absolute atomic E-state index is 12.2. The summed E-state index contributed by atoms with van der Waals surface area (Å²) in [6.07, 6.45) is 4.52. The average molecular weight is 272 g/mol. The summed E-state index contributed by atoms with van der Waals surface area (Å²) in [6.45, 7) is 5.10. The number of piperidine rings is 1. The van der Waals surface area contributed by atoms with Crippen molar-refractivity contribution in [1.82, 2.24) is 10.2 Å². The maximum Gasteiger partial charge on any atom is 0.224 e. The van der Waals surface area contributed by atoms with Gasteiger partial charge in [-0.1, -0.05) is 29.8 Å². The first-order valence-electron chi connectivity index (χ1n) is 7.79. The molecule has 0 bridgehead atoms. The lowest BCUT2D eigenvalue weighted by molar-refractivity contribution is -0.126. The van der Waals surface area contributed by atoms with Crippen molar-refractivity contribution in [3.63, 3.8) is 0 Å². The molecule has 108 valence electrons. The van der Waals surface area contributed by atoms with Gasteiger partial charge in [-0.15, -0.1) is 0 Å². The Bertz CT molecular complexity index is 464. The molecule has 1 N–H and O–H groups in total. The number of amides is 1. The molecule has 1 saturated carbocycles. The first-order chi connectivity index (χ1) is 9.70. The molecule has 20 heavy (non-hydrogen) atoms. The van der Waals surface area contributed by atoms with Crippen LogP contribution in [0.1, 0.15) is 36.8 Å². The van der Waals surface area contributed by atoms with E-state index in [0.29, 0.717) is 6.04 Å². The van der Waals surface area contributed by atoms with Gasteiger partial charge in [-0.3, -0.25) is 9.69 Å². The molecule has 2 aliphatic rings. The highest BCUT2D eigenvalue weighted by atomic mass is 16.2. The molecular formula is C17H24N2O. The van der Waals surface area contributed by atoms with Gasteiger partial charge in [-0.05, 0) is 44.7 Å². The van der Waals surface area contributed by atoms with Crippen molar-refractivity contribution >= 4 is 5.91 Å². The Morgan fingerprint density at radius 1 is 1.25 bits per heavy atom. The Morgan fingerprint density at radius 3 is 2.70 bits per heavy atom. The first-order valence-corrected chi connectivity index (χ1v) is 7.79. The molecule has 0 aromatic heterocycles. The molecule has 1 unspecified atom stereocenters. The van der Waals surface area contributed by atoms with Crippen LogP contribution in [0.5, 0.6) is 0 Å². The van der Waals surface area contributed by atoms with E-state index in [2.05, 4.69) is 41.4 Å². The van der Waals surface area contributed by atoms with E-state index < -0.39 is 0 Å². The van der Waals surface area contributed by atoms with Crippen molar-refractivity contribution in [2.24, 2.45) is 5.92 Å². The van der Waals surface area contributed by atoms with Gasteiger partial charge in [0.1, 0.15) is 0 Å². The van der Waals surface area contributed by atoms with Crippen LogP contribution in [-0.4, -0.2) is 29.9 Å². The van der Waals surface area contributed by atoms with Crippen molar-refractivity contribution in [1.29, 1.82) is 0 Å². The standard InChI is InChI=1S/C17H24N2O/c1-13-4-6-14(7-5-13)11-19-10-2-3-15(12-19)17(20)18-16-8-9-16/h4-7,15-16H,2-3,8-12H2,1H3,(H,18,20). The van der Waals surface area contributed by atoms with E-state index in [1.807, 2.05) is 0 Å². The zero-order valence-corrected chi connectivity index (χ0v) is 12.3. The summed E-state index contributed by atoms with van der Waals surface area (Å²) < 4.78 is 0. The number of carbonyl (C=O) groups excluding carboxylic acids is 1. The number of benzene rings is 1. The third-order valence-electron chi connectivity index (χ3n) is 4.33. The van der Waals surface area contributed by atoms with Gasteiger partial charge in [0.25, 0.3) is 0 Å². The van der Waals surface area contributed by atoms with Crippen molar-refractivity contribution in [2.75, 3.05) is 13.1 Å². The minimum absolute atomic E-state index is 0.190. The van der Waals surface area contributed by atoms with Gasteiger partial charge in [-0.25, -0.2) is 0 Å². The summed E-state index contributed by atoms with van der Waals surface area (Å²) in [5.41, 5.74) is 2.65. The predicted octanol–water partition coefficient (Wildman–Crippen LogP) is 2.49. The molecule has 1 saturated heterocycles. The summed E-state index contributed by atoms with van der Waals surface area (Å²) in [7, 11) is 0. The molecule has 1 amide bonds. The van der Waals surface area contributed by atoms with Crippen LogP contribution in [0.4, 0.5) is 0 Å². The van der Waals surface area contributed by atoms with Crippen molar-refractivity contribution in [2.45, 2.75) is 45.2 Å². The second-order valence-corrected chi connectivity index (χ2v) is 6.34. The Hall–Kier alpha value is -1.35. The van der Waals surface area contributed by atoms with Gasteiger partial charge in [0.05, 0.1) is 5.92 Å². The summed E-state index contributed by atoms with van der Waals surface area (Å²) >= 11 is 0. The lowest BCUT2D eigenvalue weighted by atomic mass is 9.96. The highest BCUT2D eigenvalue weighted by Gasteiger charge is 2.30. The Kier molecular flexibility index (Phi) is 4.06. The number of hydrogen-bond donors (Lipinski definition) is 1. The molecular weight excluding hydrogens is 248 g/mol. The van der Waals surface area contributed by atoms with E-state index in [4.69, 9.17) is 0 Å². The second-order valence-electron chi connectivity index (χ2n) is 6.34. The highest BCUT2D eigenvalue weighted by Crippen LogP contribution is 2.23. The minimum Gasteiger partial charge on any atom is -0.353 e. The highest BCUT2D eigenvalue weighted by molar-refractivity contribution is 5.79. The topological polar surface area (TPSA) is 32.3 Å². The smallest absolute Gasteiger partial charge is 0.224 e. The molecule has 1 atom stereocenters. The quantitative estimate of drug-likeness (QED) is 0.913. The molecule has 1 aromatic carbocycles. The van der Waals surface area contributed by atoms with E-state index in [9.17, 15) is 4.79 Å². The number of carbonyl (C=O) groups is 1. The van der Waals surface area contributed by atoms with Crippen molar-refractivity contribution < 1.29 is 4.79 Å². The first kappa shape index (κ1) is 13.6. The number of nitrogens with one attached hydrogen (secondary N) is 1. The Balaban J connectivity index is 1.54. The van der Waals surface area contributed by atoms with Crippen LogP contribution >= 0.6 is 0 Å².